The predicted molar refractivity (Wildman–Crippen MR) is 159 cm³/mol. The summed E-state index contributed by atoms with van der Waals surface area (Å²) in [6.07, 6.45) is 1.41. The number of amides is 2. The van der Waals surface area contributed by atoms with E-state index in [1.54, 1.807) is 6.07 Å². The van der Waals surface area contributed by atoms with E-state index in [1.807, 2.05) is 48.3 Å². The summed E-state index contributed by atoms with van der Waals surface area (Å²) in [5, 5.41) is 12.6. The highest BCUT2D eigenvalue weighted by atomic mass is 32.2. The lowest BCUT2D eigenvalue weighted by atomic mass is 10.0. The monoisotopic (exact) mass is 564 g/mol. The van der Waals surface area contributed by atoms with Crippen LogP contribution in [0.1, 0.15) is 49.9 Å². The van der Waals surface area contributed by atoms with Crippen molar-refractivity contribution in [2.45, 2.75) is 68.8 Å². The molecule has 1 N–H and O–H groups in total. The Morgan fingerprint density at radius 2 is 2.05 bits per heavy atom. The molecule has 9 heteroatoms. The van der Waals surface area contributed by atoms with Gasteiger partial charge in [-0.05, 0) is 59.9 Å². The number of likely N-dealkylation sites (N-methyl/N-ethyl adjacent to an activating group) is 1. The number of hydrogen-bond donors (Lipinski definition) is 1. The summed E-state index contributed by atoms with van der Waals surface area (Å²) in [6.45, 7) is 13.8. The summed E-state index contributed by atoms with van der Waals surface area (Å²) < 4.78 is 6.70. The van der Waals surface area contributed by atoms with Crippen molar-refractivity contribution < 1.29 is 14.0 Å². The number of carbonyl (C=O) groups excluding carboxylic acids is 2. The van der Waals surface area contributed by atoms with Gasteiger partial charge in [0.15, 0.2) is 8.32 Å². The van der Waals surface area contributed by atoms with E-state index in [-0.39, 0.29) is 35.4 Å². The van der Waals surface area contributed by atoms with E-state index in [4.69, 9.17) is 4.43 Å². The zero-order chi connectivity index (χ0) is 28.4. The molecule has 2 atom stereocenters. The van der Waals surface area contributed by atoms with Crippen LogP contribution in [0.25, 0.3) is 0 Å². The minimum atomic E-state index is -1.87. The first-order valence-electron chi connectivity index (χ1n) is 13.6. The van der Waals surface area contributed by atoms with Gasteiger partial charge in [0.05, 0.1) is 41.6 Å². The van der Waals surface area contributed by atoms with Crippen LogP contribution in [0.4, 0.5) is 5.69 Å². The number of thioether (sulfide) groups is 1. The number of fused-ring (bicyclic) bond motifs is 1. The third kappa shape index (κ3) is 7.12. The van der Waals surface area contributed by atoms with Crippen molar-refractivity contribution in [3.63, 3.8) is 0 Å². The quantitative estimate of drug-likeness (QED) is 0.430. The lowest BCUT2D eigenvalue weighted by molar-refractivity contribution is -0.131. The molecule has 39 heavy (non-hydrogen) atoms. The van der Waals surface area contributed by atoms with E-state index in [0.717, 1.165) is 41.2 Å². The summed E-state index contributed by atoms with van der Waals surface area (Å²) in [7, 11) is -0.0197. The van der Waals surface area contributed by atoms with Gasteiger partial charge in [-0.1, -0.05) is 39.0 Å². The first-order chi connectivity index (χ1) is 18.4. The summed E-state index contributed by atoms with van der Waals surface area (Å²) in [5.41, 5.74) is 3.17. The van der Waals surface area contributed by atoms with Crippen molar-refractivity contribution in [3.05, 3.63) is 59.2 Å². The number of nitrogens with one attached hydrogen (secondary N) is 1. The minimum absolute atomic E-state index is 0.00892. The third-order valence-electron chi connectivity index (χ3n) is 8.22. The number of benzene rings is 2. The average molecular weight is 565 g/mol. The number of likely N-dealkylation sites (tertiary alicyclic amines) is 1. The maximum atomic E-state index is 13.6. The Kier molecular flexibility index (Phi) is 8.91. The van der Waals surface area contributed by atoms with E-state index < -0.39 is 8.32 Å². The zero-order valence-electron chi connectivity index (χ0n) is 23.9. The number of rotatable bonds is 8. The second-order valence-corrected chi connectivity index (χ2v) is 17.9. The van der Waals surface area contributed by atoms with Crippen LogP contribution >= 0.6 is 11.8 Å². The van der Waals surface area contributed by atoms with Gasteiger partial charge in [-0.15, -0.1) is 11.8 Å². The highest BCUT2D eigenvalue weighted by molar-refractivity contribution is 8.00. The van der Waals surface area contributed by atoms with Crippen molar-refractivity contribution >= 4 is 37.6 Å². The molecule has 4 rings (SSSR count). The molecule has 7 nitrogen and oxygen atoms in total. The van der Waals surface area contributed by atoms with E-state index >= 15 is 0 Å². The van der Waals surface area contributed by atoms with Gasteiger partial charge in [0.2, 0.25) is 11.8 Å². The van der Waals surface area contributed by atoms with Crippen LogP contribution in [0.3, 0.4) is 0 Å². The maximum Gasteiger partial charge on any atom is 0.234 e. The van der Waals surface area contributed by atoms with Crippen molar-refractivity contribution in [2.75, 3.05) is 37.8 Å². The fraction of sp³-hybridized carbons (Fsp3) is 0.500. The highest BCUT2D eigenvalue weighted by Gasteiger charge is 2.41. The van der Waals surface area contributed by atoms with Crippen LogP contribution in [-0.4, -0.2) is 68.5 Å². The molecule has 0 aromatic heterocycles. The predicted octanol–water partition coefficient (Wildman–Crippen LogP) is 5.44. The molecule has 0 radical (unpaired) electrons. The fourth-order valence-corrected chi connectivity index (χ4v) is 7.05. The minimum Gasteiger partial charge on any atom is -0.413 e. The first-order valence-corrected chi connectivity index (χ1v) is 17.5. The molecule has 2 aromatic rings. The third-order valence-corrected chi connectivity index (χ3v) is 13.8. The smallest absolute Gasteiger partial charge is 0.234 e. The Labute approximate surface area is 238 Å². The SMILES string of the molecule is CN(C(=O)Cc1ccc2c(c1)NC(=O)CS2)C(CN1CC[C@H](O[Si](C)(C)C(C)(C)C)C1)c1cccc(C#N)c1. The van der Waals surface area contributed by atoms with Crippen molar-refractivity contribution in [1.82, 2.24) is 9.80 Å². The van der Waals surface area contributed by atoms with Crippen LogP contribution in [0.5, 0.6) is 0 Å². The molecule has 0 spiro atoms. The van der Waals surface area contributed by atoms with Crippen LogP contribution in [0.2, 0.25) is 18.1 Å². The lowest BCUT2D eigenvalue weighted by Gasteiger charge is -2.38. The van der Waals surface area contributed by atoms with Crippen LogP contribution in [-0.2, 0) is 20.4 Å². The van der Waals surface area contributed by atoms with Crippen LogP contribution in [0.15, 0.2) is 47.4 Å². The average Bonchev–Trinajstić information content (AvgIpc) is 3.32. The Morgan fingerprint density at radius 3 is 2.77 bits per heavy atom. The zero-order valence-corrected chi connectivity index (χ0v) is 25.7. The topological polar surface area (TPSA) is 85.7 Å². The first kappa shape index (κ1) is 29.3. The van der Waals surface area contributed by atoms with Crippen molar-refractivity contribution in [2.24, 2.45) is 0 Å². The molecular weight excluding hydrogens is 525 g/mol. The van der Waals surface area contributed by atoms with Crippen molar-refractivity contribution in [1.29, 1.82) is 5.26 Å². The van der Waals surface area contributed by atoms with Gasteiger partial charge in [-0.3, -0.25) is 14.5 Å². The van der Waals surface area contributed by atoms with Gasteiger partial charge in [0.1, 0.15) is 0 Å². The van der Waals surface area contributed by atoms with Crippen LogP contribution in [0, 0.1) is 11.3 Å². The summed E-state index contributed by atoms with van der Waals surface area (Å²) in [4.78, 5) is 30.6. The molecule has 0 aliphatic carbocycles. The molecule has 2 aliphatic rings. The number of nitriles is 1. The summed E-state index contributed by atoms with van der Waals surface area (Å²) >= 11 is 1.51. The molecule has 1 fully saturated rings. The van der Waals surface area contributed by atoms with Crippen molar-refractivity contribution in [3.8, 4) is 6.07 Å². The molecule has 208 valence electrons. The van der Waals surface area contributed by atoms with E-state index in [0.29, 0.717) is 17.9 Å². The largest absolute Gasteiger partial charge is 0.413 e. The molecule has 1 saturated heterocycles. The molecule has 2 heterocycles. The van der Waals surface area contributed by atoms with Gasteiger partial charge in [0.25, 0.3) is 0 Å². The van der Waals surface area contributed by atoms with E-state index in [2.05, 4.69) is 50.2 Å². The molecule has 2 aromatic carbocycles. The molecule has 0 bridgehead atoms. The van der Waals surface area contributed by atoms with Gasteiger partial charge >= 0.3 is 0 Å². The molecule has 0 saturated carbocycles. The molecular formula is C30H40N4O3SSi. The van der Waals surface area contributed by atoms with E-state index in [1.165, 1.54) is 11.8 Å². The Morgan fingerprint density at radius 1 is 1.28 bits per heavy atom. The van der Waals surface area contributed by atoms with Gasteiger partial charge in [0, 0.05) is 31.6 Å². The normalized spacial score (nSPS) is 18.7. The highest BCUT2D eigenvalue weighted by Crippen LogP contribution is 2.38. The summed E-state index contributed by atoms with van der Waals surface area (Å²) in [6, 6.07) is 15.4. The maximum absolute atomic E-state index is 13.6. The second kappa shape index (κ2) is 11.8. The van der Waals surface area contributed by atoms with Crippen LogP contribution < -0.4 is 5.32 Å². The Hall–Kier alpha value is -2.64. The Bertz CT molecular complexity index is 1270. The number of carbonyl (C=O) groups is 2. The standard InChI is InChI=1S/C30H40N4O3SSi/c1-30(2,3)39(5,6)37-24-12-13-34(18-24)19-26(23-9-7-8-22(14-23)17-31)33(4)29(36)16-21-10-11-27-25(15-21)32-28(35)20-38-27/h7-11,14-15,24,26H,12-13,16,18-20H2,1-6H3,(H,32,35)/t24-,26?/m0/s1. The summed E-state index contributed by atoms with van der Waals surface area (Å²) in [5.74, 6) is 0.382. The van der Waals surface area contributed by atoms with Gasteiger partial charge < -0.3 is 14.6 Å². The lowest BCUT2D eigenvalue weighted by Crippen LogP contribution is -2.45. The second-order valence-electron chi connectivity index (χ2n) is 12.2. The number of hydrogen-bond acceptors (Lipinski definition) is 6. The molecule has 2 aliphatic heterocycles. The number of nitrogens with zero attached hydrogens (tertiary/aromatic N) is 3. The fourth-order valence-electron chi connectivity index (χ4n) is 4.88. The van der Waals surface area contributed by atoms with Gasteiger partial charge in [-0.2, -0.15) is 5.26 Å². The number of anilines is 1. The Balaban J connectivity index is 1.50. The van der Waals surface area contributed by atoms with E-state index in [9.17, 15) is 14.9 Å². The van der Waals surface area contributed by atoms with Gasteiger partial charge in [-0.25, -0.2) is 0 Å². The molecule has 2 amide bonds. The molecule has 1 unspecified atom stereocenters.